The Morgan fingerprint density at radius 1 is 1.50 bits per heavy atom. The van der Waals surface area contributed by atoms with E-state index in [4.69, 9.17) is 5.73 Å². The SMILES string of the molecule is CCc1nc(SC(C(=O)NC(N)=O)C(C)C)n[nH]1. The lowest BCUT2D eigenvalue weighted by atomic mass is 10.1. The first-order valence-corrected chi connectivity index (χ1v) is 6.50. The van der Waals surface area contributed by atoms with Crippen molar-refractivity contribution in [1.29, 1.82) is 0 Å². The number of carbonyl (C=O) groups excluding carboxylic acids is 2. The van der Waals surface area contributed by atoms with Gasteiger partial charge in [-0.05, 0) is 5.92 Å². The molecule has 0 aliphatic rings. The molecule has 100 valence electrons. The molecule has 1 unspecified atom stereocenters. The highest BCUT2D eigenvalue weighted by atomic mass is 32.2. The summed E-state index contributed by atoms with van der Waals surface area (Å²) in [6.45, 7) is 5.71. The van der Waals surface area contributed by atoms with Crippen molar-refractivity contribution in [2.45, 2.75) is 37.6 Å². The largest absolute Gasteiger partial charge is 0.351 e. The Balaban J connectivity index is 2.73. The first kappa shape index (κ1) is 14.5. The van der Waals surface area contributed by atoms with Crippen LogP contribution in [0.15, 0.2) is 5.16 Å². The molecule has 0 aliphatic heterocycles. The second-order valence-electron chi connectivity index (χ2n) is 4.05. The Bertz CT molecular complexity index is 432. The maximum absolute atomic E-state index is 11.8. The van der Waals surface area contributed by atoms with Crippen LogP contribution in [0.3, 0.4) is 0 Å². The van der Waals surface area contributed by atoms with E-state index in [1.807, 2.05) is 20.8 Å². The first-order valence-electron chi connectivity index (χ1n) is 5.62. The van der Waals surface area contributed by atoms with E-state index in [0.29, 0.717) is 5.16 Å². The molecule has 4 N–H and O–H groups in total. The summed E-state index contributed by atoms with van der Waals surface area (Å²) in [7, 11) is 0. The number of primary amides is 1. The lowest BCUT2D eigenvalue weighted by Gasteiger charge is -2.16. The molecule has 0 aromatic carbocycles. The standard InChI is InChI=1S/C10H17N5O2S/c1-4-6-12-10(15-14-6)18-7(5(2)3)8(16)13-9(11)17/h5,7H,4H2,1-3H3,(H,12,14,15)(H3,11,13,16,17). The fraction of sp³-hybridized carbons (Fsp3) is 0.600. The van der Waals surface area contributed by atoms with Crippen LogP contribution in [-0.2, 0) is 11.2 Å². The zero-order valence-corrected chi connectivity index (χ0v) is 11.4. The molecule has 0 bridgehead atoms. The number of nitrogens with zero attached hydrogens (tertiary/aromatic N) is 2. The molecule has 3 amide bonds. The molecule has 0 fully saturated rings. The molecule has 1 rings (SSSR count). The topological polar surface area (TPSA) is 114 Å². The Hall–Kier alpha value is -1.57. The van der Waals surface area contributed by atoms with Crippen LogP contribution in [0.5, 0.6) is 0 Å². The number of aromatic nitrogens is 3. The molecule has 1 heterocycles. The van der Waals surface area contributed by atoms with Gasteiger partial charge < -0.3 is 5.73 Å². The van der Waals surface area contributed by atoms with Crippen LogP contribution in [-0.4, -0.2) is 32.4 Å². The zero-order chi connectivity index (χ0) is 13.7. The summed E-state index contributed by atoms with van der Waals surface area (Å²) in [4.78, 5) is 26.7. The molecule has 8 heteroatoms. The van der Waals surface area contributed by atoms with Crippen LogP contribution in [0.25, 0.3) is 0 Å². The van der Waals surface area contributed by atoms with Gasteiger partial charge in [-0.25, -0.2) is 9.78 Å². The number of aromatic amines is 1. The van der Waals surface area contributed by atoms with E-state index in [1.165, 1.54) is 11.8 Å². The fourth-order valence-electron chi connectivity index (χ4n) is 1.29. The molecule has 1 atom stereocenters. The van der Waals surface area contributed by atoms with Crippen molar-refractivity contribution in [3.05, 3.63) is 5.82 Å². The van der Waals surface area contributed by atoms with Gasteiger partial charge in [-0.3, -0.25) is 15.2 Å². The van der Waals surface area contributed by atoms with Gasteiger partial charge in [0, 0.05) is 6.42 Å². The lowest BCUT2D eigenvalue weighted by Crippen LogP contribution is -2.42. The second-order valence-corrected chi connectivity index (χ2v) is 5.16. The third kappa shape index (κ3) is 4.02. The zero-order valence-electron chi connectivity index (χ0n) is 10.6. The highest BCUT2D eigenvalue weighted by Gasteiger charge is 2.26. The molecule has 0 saturated carbocycles. The number of imide groups is 1. The molecule has 0 radical (unpaired) electrons. The molecule has 0 spiro atoms. The average Bonchev–Trinajstić information content (AvgIpc) is 2.71. The second kappa shape index (κ2) is 6.39. The summed E-state index contributed by atoms with van der Waals surface area (Å²) < 4.78 is 0. The van der Waals surface area contributed by atoms with Gasteiger partial charge in [-0.15, -0.1) is 5.10 Å². The van der Waals surface area contributed by atoms with Crippen LogP contribution in [0, 0.1) is 5.92 Å². The van der Waals surface area contributed by atoms with E-state index in [0.717, 1.165) is 12.2 Å². The van der Waals surface area contributed by atoms with E-state index >= 15 is 0 Å². The number of aryl methyl sites for hydroxylation is 1. The number of rotatable bonds is 5. The fourth-order valence-corrected chi connectivity index (χ4v) is 2.21. The molecular weight excluding hydrogens is 254 g/mol. The number of urea groups is 1. The van der Waals surface area contributed by atoms with Crippen molar-refractivity contribution in [1.82, 2.24) is 20.5 Å². The number of nitrogens with one attached hydrogen (secondary N) is 2. The highest BCUT2D eigenvalue weighted by molar-refractivity contribution is 8.00. The van der Waals surface area contributed by atoms with Crippen molar-refractivity contribution in [2.75, 3.05) is 0 Å². The Labute approximate surface area is 109 Å². The monoisotopic (exact) mass is 271 g/mol. The summed E-state index contributed by atoms with van der Waals surface area (Å²) in [6, 6.07) is -0.851. The van der Waals surface area contributed by atoms with Crippen LogP contribution in [0.2, 0.25) is 0 Å². The minimum Gasteiger partial charge on any atom is -0.351 e. The number of hydrogen-bond donors (Lipinski definition) is 3. The van der Waals surface area contributed by atoms with Gasteiger partial charge in [0.25, 0.3) is 0 Å². The van der Waals surface area contributed by atoms with E-state index in [-0.39, 0.29) is 5.92 Å². The average molecular weight is 271 g/mol. The van der Waals surface area contributed by atoms with Gasteiger partial charge in [0.05, 0.1) is 5.25 Å². The van der Waals surface area contributed by atoms with Crippen LogP contribution in [0.1, 0.15) is 26.6 Å². The smallest absolute Gasteiger partial charge is 0.318 e. The number of H-pyrrole nitrogens is 1. The summed E-state index contributed by atoms with van der Waals surface area (Å²) in [5.41, 5.74) is 4.93. The van der Waals surface area contributed by atoms with Crippen LogP contribution in [0.4, 0.5) is 4.79 Å². The molecule has 1 aromatic rings. The van der Waals surface area contributed by atoms with E-state index in [2.05, 4.69) is 20.5 Å². The summed E-state index contributed by atoms with van der Waals surface area (Å²) in [6.07, 6.45) is 0.743. The van der Waals surface area contributed by atoms with Gasteiger partial charge in [-0.2, -0.15) is 0 Å². The highest BCUT2D eigenvalue weighted by Crippen LogP contribution is 2.25. The number of thioether (sulfide) groups is 1. The summed E-state index contributed by atoms with van der Waals surface area (Å²) in [5, 5.41) is 8.88. The van der Waals surface area contributed by atoms with Gasteiger partial charge in [0.1, 0.15) is 5.82 Å². The van der Waals surface area contributed by atoms with Crippen molar-refractivity contribution in [3.63, 3.8) is 0 Å². The molecule has 1 aromatic heterocycles. The predicted molar refractivity (Wildman–Crippen MR) is 68.0 cm³/mol. The first-order chi connectivity index (χ1) is 8.43. The Morgan fingerprint density at radius 3 is 2.61 bits per heavy atom. The quantitative estimate of drug-likeness (QED) is 0.681. The molecule has 7 nitrogen and oxygen atoms in total. The molecule has 18 heavy (non-hydrogen) atoms. The minimum atomic E-state index is -0.851. The molecule has 0 aliphatic carbocycles. The minimum absolute atomic E-state index is 0.0259. The number of nitrogens with two attached hydrogens (primary N) is 1. The van der Waals surface area contributed by atoms with Crippen molar-refractivity contribution in [3.8, 4) is 0 Å². The third-order valence-corrected chi connectivity index (χ3v) is 3.59. The van der Waals surface area contributed by atoms with Crippen molar-refractivity contribution < 1.29 is 9.59 Å². The van der Waals surface area contributed by atoms with E-state index in [9.17, 15) is 9.59 Å². The lowest BCUT2D eigenvalue weighted by molar-refractivity contribution is -0.120. The normalized spacial score (nSPS) is 12.4. The van der Waals surface area contributed by atoms with Crippen molar-refractivity contribution in [2.24, 2.45) is 11.7 Å². The van der Waals surface area contributed by atoms with Gasteiger partial charge >= 0.3 is 6.03 Å². The number of amides is 3. The molecular formula is C10H17N5O2S. The maximum atomic E-state index is 11.8. The third-order valence-electron chi connectivity index (χ3n) is 2.19. The summed E-state index contributed by atoms with van der Waals surface area (Å²) in [5.74, 6) is 0.360. The van der Waals surface area contributed by atoms with Gasteiger partial charge in [-0.1, -0.05) is 32.5 Å². The van der Waals surface area contributed by atoms with Crippen LogP contribution >= 0.6 is 11.8 Å². The number of hydrogen-bond acceptors (Lipinski definition) is 5. The Morgan fingerprint density at radius 2 is 2.17 bits per heavy atom. The predicted octanol–water partition coefficient (Wildman–Crippen LogP) is 0.679. The van der Waals surface area contributed by atoms with Gasteiger partial charge in [0.2, 0.25) is 11.1 Å². The Kier molecular flexibility index (Phi) is 5.14. The van der Waals surface area contributed by atoms with Crippen molar-refractivity contribution >= 4 is 23.7 Å². The van der Waals surface area contributed by atoms with E-state index in [1.54, 1.807) is 0 Å². The number of carbonyl (C=O) groups is 2. The molecule has 0 saturated heterocycles. The van der Waals surface area contributed by atoms with E-state index < -0.39 is 17.2 Å². The van der Waals surface area contributed by atoms with Crippen LogP contribution < -0.4 is 11.1 Å². The van der Waals surface area contributed by atoms with Gasteiger partial charge in [0.15, 0.2) is 0 Å². The summed E-state index contributed by atoms with van der Waals surface area (Å²) >= 11 is 1.21. The maximum Gasteiger partial charge on any atom is 0.318 e.